The number of carbonyl (C=O) groups is 3. The van der Waals surface area contributed by atoms with Crippen LogP contribution in [0.5, 0.6) is 0 Å². The van der Waals surface area contributed by atoms with Gasteiger partial charge in [0.1, 0.15) is 0 Å². The third-order valence-corrected chi connectivity index (χ3v) is 4.35. The first kappa shape index (κ1) is 15.5. The number of hydrogen-bond acceptors (Lipinski definition) is 3. The molecule has 0 atom stereocenters. The van der Waals surface area contributed by atoms with Crippen molar-refractivity contribution >= 4 is 23.4 Å². The van der Waals surface area contributed by atoms with E-state index in [1.165, 1.54) is 0 Å². The summed E-state index contributed by atoms with van der Waals surface area (Å²) in [6.07, 6.45) is 3.47. The average Bonchev–Trinajstić information content (AvgIpc) is 3.24. The largest absolute Gasteiger partial charge is 0.343 e. The summed E-state index contributed by atoms with van der Waals surface area (Å²) in [6, 6.07) is 6.99. The Labute approximate surface area is 135 Å². The SMILES string of the molecule is O=C(NCC(=O)N1CCCC1)c1cccc(N2CCCC2=O)c1. The summed E-state index contributed by atoms with van der Waals surface area (Å²) >= 11 is 0. The second-order valence-electron chi connectivity index (χ2n) is 5.97. The van der Waals surface area contributed by atoms with Crippen molar-refractivity contribution in [2.24, 2.45) is 0 Å². The summed E-state index contributed by atoms with van der Waals surface area (Å²) in [4.78, 5) is 39.5. The van der Waals surface area contributed by atoms with E-state index in [2.05, 4.69) is 5.32 Å². The first-order chi connectivity index (χ1) is 11.1. The molecule has 0 saturated carbocycles. The molecule has 6 heteroatoms. The van der Waals surface area contributed by atoms with E-state index in [4.69, 9.17) is 0 Å². The van der Waals surface area contributed by atoms with Crippen LogP contribution in [0.4, 0.5) is 5.69 Å². The van der Waals surface area contributed by atoms with Crippen LogP contribution >= 0.6 is 0 Å². The monoisotopic (exact) mass is 315 g/mol. The molecule has 0 unspecified atom stereocenters. The number of carbonyl (C=O) groups excluding carboxylic acids is 3. The quantitative estimate of drug-likeness (QED) is 0.906. The fourth-order valence-electron chi connectivity index (χ4n) is 3.07. The predicted molar refractivity (Wildman–Crippen MR) is 86.2 cm³/mol. The molecule has 6 nitrogen and oxygen atoms in total. The van der Waals surface area contributed by atoms with Crippen molar-refractivity contribution in [3.8, 4) is 0 Å². The number of nitrogens with zero attached hydrogens (tertiary/aromatic N) is 2. The normalized spacial score (nSPS) is 17.7. The highest BCUT2D eigenvalue weighted by molar-refractivity contribution is 6.00. The predicted octanol–water partition coefficient (Wildman–Crippen LogP) is 1.17. The maximum Gasteiger partial charge on any atom is 0.251 e. The Hall–Kier alpha value is -2.37. The highest BCUT2D eigenvalue weighted by Gasteiger charge is 2.22. The van der Waals surface area contributed by atoms with Gasteiger partial charge in [-0.15, -0.1) is 0 Å². The van der Waals surface area contributed by atoms with Crippen LogP contribution in [0, 0.1) is 0 Å². The molecular weight excluding hydrogens is 294 g/mol. The summed E-state index contributed by atoms with van der Waals surface area (Å²) in [6.45, 7) is 2.27. The van der Waals surface area contributed by atoms with Gasteiger partial charge in [0.15, 0.2) is 0 Å². The zero-order chi connectivity index (χ0) is 16.2. The molecule has 1 aromatic carbocycles. The minimum Gasteiger partial charge on any atom is -0.343 e. The van der Waals surface area contributed by atoms with Crippen LogP contribution in [0.15, 0.2) is 24.3 Å². The zero-order valence-corrected chi connectivity index (χ0v) is 13.1. The van der Waals surface area contributed by atoms with E-state index in [0.29, 0.717) is 18.5 Å². The van der Waals surface area contributed by atoms with E-state index < -0.39 is 0 Å². The Morgan fingerprint density at radius 3 is 2.57 bits per heavy atom. The van der Waals surface area contributed by atoms with E-state index >= 15 is 0 Å². The molecule has 1 aromatic rings. The van der Waals surface area contributed by atoms with Crippen molar-refractivity contribution in [1.29, 1.82) is 0 Å². The number of amides is 3. The number of nitrogens with one attached hydrogen (secondary N) is 1. The molecule has 0 bridgehead atoms. The Morgan fingerprint density at radius 1 is 1.09 bits per heavy atom. The first-order valence-electron chi connectivity index (χ1n) is 8.11. The van der Waals surface area contributed by atoms with E-state index in [1.54, 1.807) is 28.0 Å². The summed E-state index contributed by atoms with van der Waals surface area (Å²) in [5.41, 5.74) is 1.21. The molecule has 0 radical (unpaired) electrons. The lowest BCUT2D eigenvalue weighted by molar-refractivity contribution is -0.129. The highest BCUT2D eigenvalue weighted by Crippen LogP contribution is 2.22. The van der Waals surface area contributed by atoms with Crippen LogP contribution in [0.1, 0.15) is 36.0 Å². The maximum absolute atomic E-state index is 12.2. The fraction of sp³-hybridized carbons (Fsp3) is 0.471. The summed E-state index contributed by atoms with van der Waals surface area (Å²) in [5.74, 6) is -0.237. The lowest BCUT2D eigenvalue weighted by Crippen LogP contribution is -2.38. The molecule has 23 heavy (non-hydrogen) atoms. The van der Waals surface area contributed by atoms with Crippen molar-refractivity contribution in [2.75, 3.05) is 31.1 Å². The molecule has 122 valence electrons. The van der Waals surface area contributed by atoms with Crippen LogP contribution in [-0.4, -0.2) is 48.8 Å². The minimum absolute atomic E-state index is 0.0195. The van der Waals surface area contributed by atoms with Gasteiger partial charge in [-0.25, -0.2) is 0 Å². The van der Waals surface area contributed by atoms with Crippen molar-refractivity contribution in [2.45, 2.75) is 25.7 Å². The van der Waals surface area contributed by atoms with E-state index in [9.17, 15) is 14.4 Å². The summed E-state index contributed by atoms with van der Waals surface area (Å²) < 4.78 is 0. The first-order valence-corrected chi connectivity index (χ1v) is 8.11. The maximum atomic E-state index is 12.2. The van der Waals surface area contributed by atoms with Gasteiger partial charge < -0.3 is 15.1 Å². The fourth-order valence-corrected chi connectivity index (χ4v) is 3.07. The smallest absolute Gasteiger partial charge is 0.251 e. The Kier molecular flexibility index (Phi) is 4.60. The Morgan fingerprint density at radius 2 is 1.87 bits per heavy atom. The van der Waals surface area contributed by atoms with Gasteiger partial charge in [0.05, 0.1) is 6.54 Å². The molecule has 0 aromatic heterocycles. The molecule has 2 heterocycles. The number of hydrogen-bond donors (Lipinski definition) is 1. The highest BCUT2D eigenvalue weighted by atomic mass is 16.2. The third-order valence-electron chi connectivity index (χ3n) is 4.35. The molecule has 0 spiro atoms. The van der Waals surface area contributed by atoms with Gasteiger partial charge >= 0.3 is 0 Å². The van der Waals surface area contributed by atoms with Crippen LogP contribution < -0.4 is 10.2 Å². The molecule has 2 aliphatic heterocycles. The molecule has 2 saturated heterocycles. The lowest BCUT2D eigenvalue weighted by Gasteiger charge is -2.17. The number of likely N-dealkylation sites (tertiary alicyclic amines) is 1. The van der Waals surface area contributed by atoms with Crippen molar-refractivity contribution in [3.05, 3.63) is 29.8 Å². The van der Waals surface area contributed by atoms with Crippen molar-refractivity contribution in [3.63, 3.8) is 0 Å². The summed E-state index contributed by atoms with van der Waals surface area (Å²) in [5, 5.41) is 2.67. The van der Waals surface area contributed by atoms with Crippen LogP contribution in [-0.2, 0) is 9.59 Å². The number of rotatable bonds is 4. The van der Waals surface area contributed by atoms with E-state index in [-0.39, 0.29) is 24.3 Å². The van der Waals surface area contributed by atoms with Crippen LogP contribution in [0.25, 0.3) is 0 Å². The standard InChI is InChI=1S/C17H21N3O3/c21-15-7-4-10-20(15)14-6-3-5-13(11-14)17(23)18-12-16(22)19-8-1-2-9-19/h3,5-6,11H,1-2,4,7-10,12H2,(H,18,23). The second kappa shape index (κ2) is 6.81. The molecule has 1 N–H and O–H groups in total. The van der Waals surface area contributed by atoms with Gasteiger partial charge in [0, 0.05) is 37.3 Å². The zero-order valence-electron chi connectivity index (χ0n) is 13.1. The average molecular weight is 315 g/mol. The van der Waals surface area contributed by atoms with Gasteiger partial charge in [-0.3, -0.25) is 14.4 Å². The number of benzene rings is 1. The van der Waals surface area contributed by atoms with Gasteiger partial charge in [0.25, 0.3) is 5.91 Å². The van der Waals surface area contributed by atoms with Gasteiger partial charge in [-0.2, -0.15) is 0 Å². The van der Waals surface area contributed by atoms with E-state index in [1.807, 2.05) is 6.07 Å². The topological polar surface area (TPSA) is 69.7 Å². The van der Waals surface area contributed by atoms with Gasteiger partial charge in [-0.05, 0) is 37.5 Å². The molecule has 2 aliphatic rings. The van der Waals surface area contributed by atoms with Gasteiger partial charge in [0.2, 0.25) is 11.8 Å². The number of anilines is 1. The molecule has 2 fully saturated rings. The molecule has 3 amide bonds. The summed E-state index contributed by atoms with van der Waals surface area (Å²) in [7, 11) is 0. The van der Waals surface area contributed by atoms with Crippen LogP contribution in [0.2, 0.25) is 0 Å². The second-order valence-corrected chi connectivity index (χ2v) is 5.97. The van der Waals surface area contributed by atoms with Gasteiger partial charge in [-0.1, -0.05) is 6.07 Å². The Bertz CT molecular complexity index is 623. The van der Waals surface area contributed by atoms with Crippen LogP contribution in [0.3, 0.4) is 0 Å². The molecular formula is C17H21N3O3. The van der Waals surface area contributed by atoms with E-state index in [0.717, 1.165) is 38.0 Å². The molecule has 0 aliphatic carbocycles. The Balaban J connectivity index is 1.61. The molecule has 3 rings (SSSR count). The lowest BCUT2D eigenvalue weighted by atomic mass is 10.1. The minimum atomic E-state index is -0.286. The third kappa shape index (κ3) is 3.52. The van der Waals surface area contributed by atoms with Crippen molar-refractivity contribution in [1.82, 2.24) is 10.2 Å². The van der Waals surface area contributed by atoms with Crippen molar-refractivity contribution < 1.29 is 14.4 Å².